The predicted octanol–water partition coefficient (Wildman–Crippen LogP) is -0.226. The van der Waals surface area contributed by atoms with Gasteiger partial charge in [-0.25, -0.2) is 4.98 Å². The summed E-state index contributed by atoms with van der Waals surface area (Å²) in [5.41, 5.74) is 4.96. The molecule has 16 heavy (non-hydrogen) atoms. The van der Waals surface area contributed by atoms with Crippen molar-refractivity contribution in [2.24, 2.45) is 0 Å². The highest BCUT2D eigenvalue weighted by atomic mass is 16.2. The number of nitrogens with two attached hydrogens (primary N) is 1. The fourth-order valence-electron chi connectivity index (χ4n) is 1.74. The van der Waals surface area contributed by atoms with E-state index in [0.29, 0.717) is 24.9 Å². The minimum Gasteiger partial charge on any atom is -0.384 e. The van der Waals surface area contributed by atoms with Gasteiger partial charge < -0.3 is 16.0 Å². The summed E-state index contributed by atoms with van der Waals surface area (Å²) in [6.45, 7) is 4.96. The average molecular weight is 221 g/mol. The summed E-state index contributed by atoms with van der Waals surface area (Å²) in [6.07, 6.45) is 1.60. The number of rotatable bonds is 1. The van der Waals surface area contributed by atoms with Gasteiger partial charge in [-0.2, -0.15) is 4.98 Å². The zero-order valence-corrected chi connectivity index (χ0v) is 9.40. The maximum absolute atomic E-state index is 11.7. The molecule has 3 N–H and O–H groups in total. The van der Waals surface area contributed by atoms with Gasteiger partial charge in [-0.05, 0) is 19.9 Å². The van der Waals surface area contributed by atoms with Crippen molar-refractivity contribution >= 4 is 17.7 Å². The number of piperazine rings is 1. The molecule has 0 bridgehead atoms. The molecule has 1 aromatic rings. The number of aromatic nitrogens is 2. The summed E-state index contributed by atoms with van der Waals surface area (Å²) in [4.78, 5) is 21.9. The largest absolute Gasteiger partial charge is 0.384 e. The Labute approximate surface area is 93.9 Å². The van der Waals surface area contributed by atoms with Crippen LogP contribution in [0.2, 0.25) is 0 Å². The molecule has 1 saturated heterocycles. The number of nitrogen functional groups attached to an aromatic ring is 1. The Morgan fingerprint density at radius 3 is 3.00 bits per heavy atom. The number of anilines is 2. The van der Waals surface area contributed by atoms with E-state index in [4.69, 9.17) is 5.73 Å². The molecule has 6 heteroatoms. The highest BCUT2D eigenvalue weighted by Gasteiger charge is 2.39. The van der Waals surface area contributed by atoms with E-state index in [0.717, 1.165) is 0 Å². The van der Waals surface area contributed by atoms with Gasteiger partial charge in [0.15, 0.2) is 0 Å². The molecule has 2 heterocycles. The van der Waals surface area contributed by atoms with Crippen molar-refractivity contribution in [3.05, 3.63) is 12.3 Å². The number of amides is 1. The standard InChI is InChI=1S/C10H15N5O/c1-10(2)8(16)12-5-6-15(10)9-13-4-3-7(11)14-9/h3-4H,5-6H2,1-2H3,(H,12,16)(H2,11,13,14). The number of hydrogen-bond donors (Lipinski definition) is 2. The minimum atomic E-state index is -0.647. The van der Waals surface area contributed by atoms with Crippen molar-refractivity contribution in [3.63, 3.8) is 0 Å². The molecule has 86 valence electrons. The summed E-state index contributed by atoms with van der Waals surface area (Å²) < 4.78 is 0. The van der Waals surface area contributed by atoms with Gasteiger partial charge in [0, 0.05) is 19.3 Å². The Balaban J connectivity index is 2.36. The smallest absolute Gasteiger partial charge is 0.245 e. The highest BCUT2D eigenvalue weighted by Crippen LogP contribution is 2.22. The topological polar surface area (TPSA) is 84.1 Å². The van der Waals surface area contributed by atoms with Crippen molar-refractivity contribution < 1.29 is 4.79 Å². The second-order valence-corrected chi connectivity index (χ2v) is 4.25. The number of carbonyl (C=O) groups is 1. The van der Waals surface area contributed by atoms with Crippen molar-refractivity contribution in [3.8, 4) is 0 Å². The molecule has 1 aliphatic heterocycles. The van der Waals surface area contributed by atoms with E-state index in [-0.39, 0.29) is 5.91 Å². The second-order valence-electron chi connectivity index (χ2n) is 4.25. The second kappa shape index (κ2) is 3.62. The van der Waals surface area contributed by atoms with Crippen molar-refractivity contribution in [2.45, 2.75) is 19.4 Å². The first-order valence-corrected chi connectivity index (χ1v) is 5.16. The van der Waals surface area contributed by atoms with E-state index in [9.17, 15) is 4.79 Å². The Morgan fingerprint density at radius 2 is 2.31 bits per heavy atom. The zero-order chi connectivity index (χ0) is 11.8. The van der Waals surface area contributed by atoms with Gasteiger partial charge >= 0.3 is 0 Å². The molecule has 1 aromatic heterocycles. The lowest BCUT2D eigenvalue weighted by Crippen LogP contribution is -2.62. The Hall–Kier alpha value is -1.85. The van der Waals surface area contributed by atoms with E-state index >= 15 is 0 Å². The summed E-state index contributed by atoms with van der Waals surface area (Å²) >= 11 is 0. The number of hydrogen-bond acceptors (Lipinski definition) is 5. The Kier molecular flexibility index (Phi) is 2.41. The maximum Gasteiger partial charge on any atom is 0.245 e. The molecular formula is C10H15N5O. The van der Waals surface area contributed by atoms with Crippen LogP contribution in [0.1, 0.15) is 13.8 Å². The Morgan fingerprint density at radius 1 is 1.56 bits per heavy atom. The molecule has 0 spiro atoms. The van der Waals surface area contributed by atoms with Gasteiger partial charge in [0.05, 0.1) is 0 Å². The molecule has 0 saturated carbocycles. The monoisotopic (exact) mass is 221 g/mol. The first-order valence-electron chi connectivity index (χ1n) is 5.16. The van der Waals surface area contributed by atoms with Gasteiger partial charge in [0.2, 0.25) is 11.9 Å². The normalized spacial score (nSPS) is 19.4. The van der Waals surface area contributed by atoms with Gasteiger partial charge in [-0.15, -0.1) is 0 Å². The van der Waals surface area contributed by atoms with Crippen molar-refractivity contribution in [1.29, 1.82) is 0 Å². The zero-order valence-electron chi connectivity index (χ0n) is 9.40. The lowest BCUT2D eigenvalue weighted by atomic mass is 10.00. The van der Waals surface area contributed by atoms with Crippen LogP contribution in [0.5, 0.6) is 0 Å². The van der Waals surface area contributed by atoms with Gasteiger partial charge in [0.25, 0.3) is 0 Å². The van der Waals surface area contributed by atoms with Crippen LogP contribution in [-0.4, -0.2) is 34.5 Å². The van der Waals surface area contributed by atoms with Gasteiger partial charge in [-0.3, -0.25) is 4.79 Å². The molecule has 1 fully saturated rings. The molecule has 0 radical (unpaired) electrons. The van der Waals surface area contributed by atoms with Crippen LogP contribution in [0.4, 0.5) is 11.8 Å². The van der Waals surface area contributed by atoms with E-state index in [2.05, 4.69) is 15.3 Å². The van der Waals surface area contributed by atoms with Gasteiger partial charge in [0.1, 0.15) is 11.4 Å². The van der Waals surface area contributed by atoms with Crippen LogP contribution < -0.4 is 16.0 Å². The van der Waals surface area contributed by atoms with Crippen molar-refractivity contribution in [2.75, 3.05) is 23.7 Å². The molecule has 1 amide bonds. The van der Waals surface area contributed by atoms with E-state index in [1.165, 1.54) is 0 Å². The predicted molar refractivity (Wildman–Crippen MR) is 60.9 cm³/mol. The average Bonchev–Trinajstić information content (AvgIpc) is 2.22. The molecule has 0 aromatic carbocycles. The van der Waals surface area contributed by atoms with Crippen LogP contribution >= 0.6 is 0 Å². The summed E-state index contributed by atoms with van der Waals surface area (Å²) in [5, 5.41) is 2.82. The van der Waals surface area contributed by atoms with E-state index in [1.54, 1.807) is 12.3 Å². The fraction of sp³-hybridized carbons (Fsp3) is 0.500. The molecule has 0 atom stereocenters. The van der Waals surface area contributed by atoms with Crippen LogP contribution in [-0.2, 0) is 4.79 Å². The van der Waals surface area contributed by atoms with Crippen LogP contribution in [0.15, 0.2) is 12.3 Å². The first kappa shape index (κ1) is 10.7. The van der Waals surface area contributed by atoms with E-state index in [1.807, 2.05) is 18.7 Å². The third kappa shape index (κ3) is 1.66. The SMILES string of the molecule is CC1(C)C(=O)NCCN1c1nccc(N)n1. The molecule has 0 aliphatic carbocycles. The number of nitrogens with zero attached hydrogens (tertiary/aromatic N) is 3. The summed E-state index contributed by atoms with van der Waals surface area (Å²) in [5.74, 6) is 0.886. The summed E-state index contributed by atoms with van der Waals surface area (Å²) in [6, 6.07) is 1.63. The fourth-order valence-corrected chi connectivity index (χ4v) is 1.74. The third-order valence-electron chi connectivity index (χ3n) is 2.76. The summed E-state index contributed by atoms with van der Waals surface area (Å²) in [7, 11) is 0. The first-order chi connectivity index (χ1) is 7.51. The number of carbonyl (C=O) groups excluding carboxylic acids is 1. The molecule has 1 aliphatic rings. The highest BCUT2D eigenvalue weighted by molar-refractivity contribution is 5.89. The van der Waals surface area contributed by atoms with Crippen LogP contribution in [0.25, 0.3) is 0 Å². The quantitative estimate of drug-likeness (QED) is 0.684. The third-order valence-corrected chi connectivity index (χ3v) is 2.76. The molecule has 0 unspecified atom stereocenters. The van der Waals surface area contributed by atoms with Crippen LogP contribution in [0.3, 0.4) is 0 Å². The Bertz CT molecular complexity index is 417. The lowest BCUT2D eigenvalue weighted by molar-refractivity contribution is -0.126. The number of nitrogens with one attached hydrogen (secondary N) is 1. The maximum atomic E-state index is 11.7. The minimum absolute atomic E-state index is 0.0234. The lowest BCUT2D eigenvalue weighted by Gasteiger charge is -2.41. The molecular weight excluding hydrogens is 206 g/mol. The van der Waals surface area contributed by atoms with Gasteiger partial charge in [-0.1, -0.05) is 0 Å². The molecule has 6 nitrogen and oxygen atoms in total. The van der Waals surface area contributed by atoms with E-state index < -0.39 is 5.54 Å². The van der Waals surface area contributed by atoms with Crippen molar-refractivity contribution in [1.82, 2.24) is 15.3 Å². The molecule has 2 rings (SSSR count). The van der Waals surface area contributed by atoms with Crippen LogP contribution in [0, 0.1) is 0 Å².